The van der Waals surface area contributed by atoms with Crippen molar-refractivity contribution < 1.29 is 22.7 Å². The van der Waals surface area contributed by atoms with Crippen molar-refractivity contribution in [1.82, 2.24) is 0 Å². The van der Waals surface area contributed by atoms with Crippen molar-refractivity contribution in [3.05, 3.63) is 0 Å². The molecule has 0 N–H and O–H groups in total. The van der Waals surface area contributed by atoms with Gasteiger partial charge in [-0.15, -0.1) is 0 Å². The highest BCUT2D eigenvalue weighted by molar-refractivity contribution is 5.80. The molecule has 0 aliphatic heterocycles. The number of alkyl halides is 3. The zero-order valence-electron chi connectivity index (χ0n) is 9.44. The molecule has 0 saturated carbocycles. The molecular formula is C10H17F3O2. The first-order valence-corrected chi connectivity index (χ1v) is 4.84. The molecule has 0 spiro atoms. The summed E-state index contributed by atoms with van der Waals surface area (Å²) in [5.41, 5.74) is -4.14. The van der Waals surface area contributed by atoms with E-state index in [0.717, 1.165) is 0 Å². The smallest absolute Gasteiger partial charge is 0.350 e. The third-order valence-electron chi connectivity index (χ3n) is 1.70. The highest BCUT2D eigenvalue weighted by Gasteiger charge is 2.49. The van der Waals surface area contributed by atoms with Gasteiger partial charge in [-0.3, -0.25) is 0 Å². The van der Waals surface area contributed by atoms with Gasteiger partial charge in [-0.25, -0.2) is 18.0 Å². The van der Waals surface area contributed by atoms with E-state index >= 15 is 0 Å². The quantitative estimate of drug-likeness (QED) is 0.688. The van der Waals surface area contributed by atoms with Crippen molar-refractivity contribution in [2.75, 3.05) is 0 Å². The molecule has 5 heteroatoms. The van der Waals surface area contributed by atoms with Crippen LogP contribution in [0.25, 0.3) is 0 Å². The topological polar surface area (TPSA) is 26.3 Å². The second-order valence-electron chi connectivity index (χ2n) is 4.42. The number of hydrogen-bond donors (Lipinski definition) is 0. The van der Waals surface area contributed by atoms with Gasteiger partial charge in [-0.1, -0.05) is 13.3 Å². The molecule has 0 saturated heterocycles. The van der Waals surface area contributed by atoms with E-state index in [-0.39, 0.29) is 6.42 Å². The van der Waals surface area contributed by atoms with Crippen LogP contribution < -0.4 is 0 Å². The summed E-state index contributed by atoms with van der Waals surface area (Å²) in [6.07, 6.45) is -3.73. The fraction of sp³-hybridized carbons (Fsp3) is 0.900. The van der Waals surface area contributed by atoms with Gasteiger partial charge >= 0.3 is 5.97 Å². The summed E-state index contributed by atoms with van der Waals surface area (Å²) >= 11 is 0. The van der Waals surface area contributed by atoms with E-state index in [0.29, 0.717) is 0 Å². The Labute approximate surface area is 87.8 Å². The highest BCUT2D eigenvalue weighted by Crippen LogP contribution is 2.29. The molecule has 15 heavy (non-hydrogen) atoms. The molecule has 0 aromatic carbocycles. The second kappa shape index (κ2) is 4.86. The van der Waals surface area contributed by atoms with E-state index in [1.807, 2.05) is 0 Å². The number of carbonyl (C=O) groups excluding carboxylic acids is 1. The summed E-state index contributed by atoms with van der Waals surface area (Å²) in [7, 11) is 0. The lowest BCUT2D eigenvalue weighted by Crippen LogP contribution is -2.45. The minimum Gasteiger partial charge on any atom is -0.457 e. The number of halogens is 3. The maximum Gasteiger partial charge on any atom is 0.350 e. The Morgan fingerprint density at radius 1 is 1.33 bits per heavy atom. The van der Waals surface area contributed by atoms with Crippen LogP contribution in [-0.4, -0.2) is 23.7 Å². The predicted molar refractivity (Wildman–Crippen MR) is 50.6 cm³/mol. The van der Waals surface area contributed by atoms with Gasteiger partial charge in [-0.05, 0) is 27.2 Å². The molecule has 0 heterocycles. The van der Waals surface area contributed by atoms with E-state index in [9.17, 15) is 18.0 Å². The molecule has 0 aliphatic carbocycles. The predicted octanol–water partition coefficient (Wildman–Crippen LogP) is 3.10. The Hall–Kier alpha value is -0.740. The van der Waals surface area contributed by atoms with Gasteiger partial charge in [0, 0.05) is 0 Å². The largest absolute Gasteiger partial charge is 0.457 e. The molecule has 1 unspecified atom stereocenters. The lowest BCUT2D eigenvalue weighted by atomic mass is 10.0. The molecule has 0 aromatic rings. The Bertz CT molecular complexity index is 223. The summed E-state index contributed by atoms with van der Waals surface area (Å²) < 4.78 is 43.1. The van der Waals surface area contributed by atoms with Gasteiger partial charge in [0.2, 0.25) is 0 Å². The minimum atomic E-state index is -3.35. The first-order chi connectivity index (χ1) is 6.63. The number of esters is 1. The monoisotopic (exact) mass is 226 g/mol. The van der Waals surface area contributed by atoms with Gasteiger partial charge in [0.05, 0.1) is 0 Å². The number of hydrogen-bond acceptors (Lipinski definition) is 2. The SMILES string of the molecule is CCCC(F)(C(=O)OC(C)(C)C)C(F)F. The fourth-order valence-electron chi connectivity index (χ4n) is 1.03. The lowest BCUT2D eigenvalue weighted by molar-refractivity contribution is -0.181. The summed E-state index contributed by atoms with van der Waals surface area (Å²) in [6, 6.07) is 0. The van der Waals surface area contributed by atoms with Crippen molar-refractivity contribution in [2.24, 2.45) is 0 Å². The Kier molecular flexibility index (Phi) is 4.62. The van der Waals surface area contributed by atoms with Crippen molar-refractivity contribution in [3.8, 4) is 0 Å². The lowest BCUT2D eigenvalue weighted by Gasteiger charge is -2.27. The molecule has 0 rings (SSSR count). The second-order valence-corrected chi connectivity index (χ2v) is 4.42. The third kappa shape index (κ3) is 4.10. The summed E-state index contributed by atoms with van der Waals surface area (Å²) in [4.78, 5) is 11.2. The first-order valence-electron chi connectivity index (χ1n) is 4.84. The van der Waals surface area contributed by atoms with E-state index in [2.05, 4.69) is 4.74 Å². The number of ether oxygens (including phenoxy) is 1. The van der Waals surface area contributed by atoms with Crippen LogP contribution in [0.4, 0.5) is 13.2 Å². The first kappa shape index (κ1) is 14.3. The Balaban J connectivity index is 4.71. The van der Waals surface area contributed by atoms with Crippen LogP contribution in [-0.2, 0) is 9.53 Å². The zero-order chi connectivity index (χ0) is 12.3. The standard InChI is InChI=1S/C10H17F3O2/c1-5-6-10(13,7(11)12)8(14)15-9(2,3)4/h7H,5-6H2,1-4H3. The van der Waals surface area contributed by atoms with Gasteiger partial charge in [-0.2, -0.15) is 0 Å². The maximum atomic E-state index is 13.6. The molecule has 0 aliphatic rings. The van der Waals surface area contributed by atoms with Gasteiger partial charge in [0.1, 0.15) is 5.60 Å². The van der Waals surface area contributed by atoms with Crippen molar-refractivity contribution in [1.29, 1.82) is 0 Å². The van der Waals surface area contributed by atoms with Gasteiger partial charge < -0.3 is 4.74 Å². The van der Waals surface area contributed by atoms with E-state index in [1.54, 1.807) is 0 Å². The summed E-state index contributed by atoms with van der Waals surface area (Å²) in [5.74, 6) is -1.48. The molecule has 1 atom stereocenters. The average Bonchev–Trinajstić information content (AvgIpc) is 2.00. The van der Waals surface area contributed by atoms with Crippen LogP contribution in [0.1, 0.15) is 40.5 Å². The number of rotatable bonds is 4. The summed E-state index contributed by atoms with van der Waals surface area (Å²) in [5, 5.41) is 0. The van der Waals surface area contributed by atoms with Crippen molar-refractivity contribution >= 4 is 5.97 Å². The number of carbonyl (C=O) groups is 1. The normalized spacial score (nSPS) is 16.3. The third-order valence-corrected chi connectivity index (χ3v) is 1.70. The molecule has 0 fully saturated rings. The van der Waals surface area contributed by atoms with E-state index < -0.39 is 30.1 Å². The average molecular weight is 226 g/mol. The Morgan fingerprint density at radius 3 is 2.07 bits per heavy atom. The molecule has 0 aromatic heterocycles. The van der Waals surface area contributed by atoms with Crippen LogP contribution in [0.3, 0.4) is 0 Å². The van der Waals surface area contributed by atoms with Crippen LogP contribution >= 0.6 is 0 Å². The molecular weight excluding hydrogens is 209 g/mol. The van der Waals surface area contributed by atoms with E-state index in [4.69, 9.17) is 0 Å². The molecule has 2 nitrogen and oxygen atoms in total. The Morgan fingerprint density at radius 2 is 1.80 bits per heavy atom. The van der Waals surface area contributed by atoms with Gasteiger partial charge in [0.15, 0.2) is 0 Å². The zero-order valence-corrected chi connectivity index (χ0v) is 9.44. The molecule has 0 bridgehead atoms. The van der Waals surface area contributed by atoms with Crippen LogP contribution in [0.15, 0.2) is 0 Å². The van der Waals surface area contributed by atoms with Gasteiger partial charge in [0.25, 0.3) is 12.1 Å². The van der Waals surface area contributed by atoms with Crippen molar-refractivity contribution in [3.63, 3.8) is 0 Å². The fourth-order valence-corrected chi connectivity index (χ4v) is 1.03. The highest BCUT2D eigenvalue weighted by atomic mass is 19.3. The van der Waals surface area contributed by atoms with E-state index in [1.165, 1.54) is 27.7 Å². The van der Waals surface area contributed by atoms with Crippen LogP contribution in [0, 0.1) is 0 Å². The minimum absolute atomic E-state index is 0.153. The summed E-state index contributed by atoms with van der Waals surface area (Å²) in [6.45, 7) is 6.04. The van der Waals surface area contributed by atoms with Crippen LogP contribution in [0.5, 0.6) is 0 Å². The maximum absolute atomic E-state index is 13.6. The van der Waals surface area contributed by atoms with Crippen molar-refractivity contribution in [2.45, 2.75) is 58.2 Å². The van der Waals surface area contributed by atoms with Crippen LogP contribution in [0.2, 0.25) is 0 Å². The molecule has 0 amide bonds. The molecule has 90 valence electrons. The molecule has 0 radical (unpaired) electrons.